The van der Waals surface area contributed by atoms with Gasteiger partial charge in [-0.3, -0.25) is 4.79 Å². The van der Waals surface area contributed by atoms with Crippen molar-refractivity contribution in [1.82, 2.24) is 5.32 Å². The third-order valence-electron chi connectivity index (χ3n) is 3.31. The maximum atomic E-state index is 11.6. The van der Waals surface area contributed by atoms with E-state index in [0.717, 1.165) is 16.9 Å². The molecular formula is C18H15NO2S2. The van der Waals surface area contributed by atoms with Crippen LogP contribution in [-0.4, -0.2) is 10.2 Å². The van der Waals surface area contributed by atoms with E-state index in [0.29, 0.717) is 15.8 Å². The predicted octanol–water partition coefficient (Wildman–Crippen LogP) is 4.06. The average Bonchev–Trinajstić information content (AvgIpc) is 2.84. The number of amides is 1. The topological polar surface area (TPSA) is 38.3 Å². The van der Waals surface area contributed by atoms with Crippen molar-refractivity contribution in [2.24, 2.45) is 0 Å². The second-order valence-corrected chi connectivity index (χ2v) is 6.92. The quantitative estimate of drug-likeness (QED) is 0.672. The molecule has 2 aromatic carbocycles. The number of thiocarbonyl (C=S) groups is 1. The highest BCUT2D eigenvalue weighted by Gasteiger charge is 2.21. The lowest BCUT2D eigenvalue weighted by Gasteiger charge is -2.07. The molecule has 0 saturated carbocycles. The van der Waals surface area contributed by atoms with E-state index in [2.05, 4.69) is 24.4 Å². The molecule has 0 aromatic heterocycles. The first kappa shape index (κ1) is 15.8. The second kappa shape index (κ2) is 6.98. The zero-order chi connectivity index (χ0) is 16.2. The standard InChI is InChI=1S/C18H15NO2S2/c1-12-3-2-4-14(9-12)11-21-15-7-5-13(6-8-15)10-16-17(20)19-18(22)23-16/h2-10H,11H2,1H3,(H,19,20,22). The Kier molecular flexibility index (Phi) is 4.79. The summed E-state index contributed by atoms with van der Waals surface area (Å²) in [6.07, 6.45) is 1.82. The smallest absolute Gasteiger partial charge is 0.263 e. The highest BCUT2D eigenvalue weighted by Crippen LogP contribution is 2.26. The SMILES string of the molecule is Cc1cccc(COc2ccc(C=C3SC(=S)NC3=O)cc2)c1. The molecule has 0 aliphatic carbocycles. The van der Waals surface area contributed by atoms with Crippen LogP contribution in [0.25, 0.3) is 6.08 Å². The minimum atomic E-state index is -0.139. The molecule has 0 spiro atoms. The Hall–Kier alpha value is -2.11. The summed E-state index contributed by atoms with van der Waals surface area (Å²) in [5, 5.41) is 2.60. The number of aryl methyl sites for hydroxylation is 1. The predicted molar refractivity (Wildman–Crippen MR) is 98.3 cm³/mol. The third kappa shape index (κ3) is 4.21. The van der Waals surface area contributed by atoms with Crippen molar-refractivity contribution >= 4 is 40.3 Å². The third-order valence-corrected chi connectivity index (χ3v) is 4.47. The van der Waals surface area contributed by atoms with E-state index in [9.17, 15) is 4.79 Å². The van der Waals surface area contributed by atoms with Crippen molar-refractivity contribution in [3.05, 3.63) is 70.1 Å². The number of thioether (sulfide) groups is 1. The van der Waals surface area contributed by atoms with Gasteiger partial charge in [0.2, 0.25) is 0 Å². The van der Waals surface area contributed by atoms with E-state index >= 15 is 0 Å². The molecule has 116 valence electrons. The molecule has 1 amide bonds. The number of nitrogens with one attached hydrogen (secondary N) is 1. The molecule has 0 unspecified atom stereocenters. The summed E-state index contributed by atoms with van der Waals surface area (Å²) < 4.78 is 6.28. The molecule has 0 radical (unpaired) electrons. The van der Waals surface area contributed by atoms with Gasteiger partial charge in [0.25, 0.3) is 5.91 Å². The lowest BCUT2D eigenvalue weighted by atomic mass is 10.1. The van der Waals surface area contributed by atoms with Crippen LogP contribution < -0.4 is 10.1 Å². The summed E-state index contributed by atoms with van der Waals surface area (Å²) in [7, 11) is 0. The number of hydrogen-bond acceptors (Lipinski definition) is 4. The molecule has 3 nitrogen and oxygen atoms in total. The number of carbonyl (C=O) groups excluding carboxylic acids is 1. The lowest BCUT2D eigenvalue weighted by Crippen LogP contribution is -2.17. The molecule has 0 bridgehead atoms. The largest absolute Gasteiger partial charge is 0.489 e. The van der Waals surface area contributed by atoms with Gasteiger partial charge in [0, 0.05) is 0 Å². The molecule has 2 aromatic rings. The maximum Gasteiger partial charge on any atom is 0.263 e. The van der Waals surface area contributed by atoms with Crippen molar-refractivity contribution in [3.8, 4) is 5.75 Å². The molecule has 1 saturated heterocycles. The van der Waals surface area contributed by atoms with Gasteiger partial charge in [-0.25, -0.2) is 0 Å². The van der Waals surface area contributed by atoms with Crippen molar-refractivity contribution in [2.75, 3.05) is 0 Å². The second-order valence-electron chi connectivity index (χ2n) is 5.20. The van der Waals surface area contributed by atoms with Gasteiger partial charge in [0.15, 0.2) is 0 Å². The van der Waals surface area contributed by atoms with Gasteiger partial charge in [0.05, 0.1) is 4.91 Å². The molecule has 1 aliphatic rings. The van der Waals surface area contributed by atoms with Crippen molar-refractivity contribution in [1.29, 1.82) is 0 Å². The minimum absolute atomic E-state index is 0.139. The fourth-order valence-electron chi connectivity index (χ4n) is 2.20. The van der Waals surface area contributed by atoms with Crippen LogP contribution in [0.3, 0.4) is 0 Å². The number of hydrogen-bond donors (Lipinski definition) is 1. The number of benzene rings is 2. The van der Waals surface area contributed by atoms with E-state index in [4.69, 9.17) is 17.0 Å². The van der Waals surface area contributed by atoms with E-state index in [1.165, 1.54) is 17.3 Å². The molecule has 1 fully saturated rings. The van der Waals surface area contributed by atoms with Crippen LogP contribution in [0.2, 0.25) is 0 Å². The Bertz CT molecular complexity index is 782. The Labute approximate surface area is 144 Å². The van der Waals surface area contributed by atoms with Crippen LogP contribution in [0, 0.1) is 6.92 Å². The fraction of sp³-hybridized carbons (Fsp3) is 0.111. The Morgan fingerprint density at radius 2 is 2.00 bits per heavy atom. The number of carbonyl (C=O) groups is 1. The summed E-state index contributed by atoms with van der Waals surface area (Å²) >= 11 is 6.25. The number of rotatable bonds is 4. The molecule has 5 heteroatoms. The van der Waals surface area contributed by atoms with Crippen LogP contribution in [-0.2, 0) is 11.4 Å². The molecule has 0 atom stereocenters. The van der Waals surface area contributed by atoms with Crippen LogP contribution in [0.1, 0.15) is 16.7 Å². The Balaban J connectivity index is 1.64. The Morgan fingerprint density at radius 1 is 1.22 bits per heavy atom. The van der Waals surface area contributed by atoms with Crippen molar-refractivity contribution < 1.29 is 9.53 Å². The van der Waals surface area contributed by atoms with E-state index in [1.807, 2.05) is 42.5 Å². The summed E-state index contributed by atoms with van der Waals surface area (Å²) in [6.45, 7) is 2.60. The zero-order valence-corrected chi connectivity index (χ0v) is 14.2. The van der Waals surface area contributed by atoms with Crippen LogP contribution in [0.4, 0.5) is 0 Å². The Morgan fingerprint density at radius 3 is 2.65 bits per heavy atom. The minimum Gasteiger partial charge on any atom is -0.489 e. The summed E-state index contributed by atoms with van der Waals surface area (Å²) in [4.78, 5) is 12.2. The van der Waals surface area contributed by atoms with Crippen molar-refractivity contribution in [2.45, 2.75) is 13.5 Å². The molecule has 1 heterocycles. The normalized spacial score (nSPS) is 15.8. The van der Waals surface area contributed by atoms with Gasteiger partial charge in [-0.05, 0) is 36.3 Å². The first-order chi connectivity index (χ1) is 11.1. The van der Waals surface area contributed by atoms with Gasteiger partial charge in [-0.2, -0.15) is 0 Å². The molecule has 1 N–H and O–H groups in total. The van der Waals surface area contributed by atoms with Crippen molar-refractivity contribution in [3.63, 3.8) is 0 Å². The highest BCUT2D eigenvalue weighted by atomic mass is 32.2. The molecular weight excluding hydrogens is 326 g/mol. The van der Waals surface area contributed by atoms with E-state index in [1.54, 1.807) is 0 Å². The number of ether oxygens (including phenoxy) is 1. The van der Waals surface area contributed by atoms with E-state index in [-0.39, 0.29) is 5.91 Å². The van der Waals surface area contributed by atoms with Gasteiger partial charge in [0.1, 0.15) is 16.7 Å². The van der Waals surface area contributed by atoms with E-state index < -0.39 is 0 Å². The van der Waals surface area contributed by atoms with Crippen LogP contribution in [0.15, 0.2) is 53.4 Å². The summed E-state index contributed by atoms with van der Waals surface area (Å²) in [5.74, 6) is 0.660. The molecule has 3 rings (SSSR count). The fourth-order valence-corrected chi connectivity index (χ4v) is 3.25. The highest BCUT2D eigenvalue weighted by molar-refractivity contribution is 8.26. The van der Waals surface area contributed by atoms with Gasteiger partial charge < -0.3 is 10.1 Å². The molecule has 1 aliphatic heterocycles. The maximum absolute atomic E-state index is 11.6. The first-order valence-corrected chi connectivity index (χ1v) is 8.36. The van der Waals surface area contributed by atoms with Gasteiger partial charge in [-0.15, -0.1) is 0 Å². The lowest BCUT2D eigenvalue weighted by molar-refractivity contribution is -0.115. The van der Waals surface area contributed by atoms with Crippen LogP contribution in [0.5, 0.6) is 5.75 Å². The summed E-state index contributed by atoms with van der Waals surface area (Å²) in [5.41, 5.74) is 3.30. The molecule has 23 heavy (non-hydrogen) atoms. The van der Waals surface area contributed by atoms with Crippen LogP contribution >= 0.6 is 24.0 Å². The zero-order valence-electron chi connectivity index (χ0n) is 12.5. The summed E-state index contributed by atoms with van der Waals surface area (Å²) in [6, 6.07) is 15.9. The van der Waals surface area contributed by atoms with Gasteiger partial charge >= 0.3 is 0 Å². The van der Waals surface area contributed by atoms with Gasteiger partial charge in [-0.1, -0.05) is 65.9 Å². The first-order valence-electron chi connectivity index (χ1n) is 7.13. The monoisotopic (exact) mass is 341 g/mol. The average molecular weight is 341 g/mol.